The third-order valence-electron chi connectivity index (χ3n) is 3.65. The molecule has 0 aromatic heterocycles. The number of aliphatic hydroxyl groups is 1. The number of carbonyl (C=O) groups is 1. The molecular weight excluding hydrogens is 296 g/mol. The standard InChI is InChI=1S/C13H18N2O5S/c1-3-13(17)7-15(8-13)21(18,19)11-5-4-9(6-10(11)14)12(16)20-2/h4-6,17H,3,7-8,14H2,1-2H3. The van der Waals surface area contributed by atoms with Gasteiger partial charge in [-0.2, -0.15) is 4.31 Å². The van der Waals surface area contributed by atoms with Gasteiger partial charge >= 0.3 is 5.97 Å². The SMILES string of the molecule is CCC1(O)CN(S(=O)(=O)c2ccc(C(=O)OC)cc2N)C1. The van der Waals surface area contributed by atoms with E-state index in [1.54, 1.807) is 6.92 Å². The number of hydrogen-bond donors (Lipinski definition) is 2. The summed E-state index contributed by atoms with van der Waals surface area (Å²) in [7, 11) is -2.54. The van der Waals surface area contributed by atoms with Crippen molar-refractivity contribution >= 4 is 21.7 Å². The lowest BCUT2D eigenvalue weighted by Crippen LogP contribution is -2.62. The Morgan fingerprint density at radius 3 is 2.57 bits per heavy atom. The van der Waals surface area contributed by atoms with Gasteiger partial charge in [0.25, 0.3) is 0 Å². The third kappa shape index (κ3) is 2.74. The molecule has 21 heavy (non-hydrogen) atoms. The number of methoxy groups -OCH3 is 1. The van der Waals surface area contributed by atoms with Crippen molar-refractivity contribution in [3.05, 3.63) is 23.8 Å². The summed E-state index contributed by atoms with van der Waals surface area (Å²) >= 11 is 0. The Labute approximate surface area is 123 Å². The largest absolute Gasteiger partial charge is 0.465 e. The fourth-order valence-electron chi connectivity index (χ4n) is 2.17. The maximum atomic E-state index is 12.4. The average Bonchev–Trinajstić information content (AvgIpc) is 2.42. The topological polar surface area (TPSA) is 110 Å². The Hall–Kier alpha value is -1.64. The van der Waals surface area contributed by atoms with E-state index < -0.39 is 21.6 Å². The van der Waals surface area contributed by atoms with Crippen LogP contribution >= 0.6 is 0 Å². The molecule has 1 aromatic rings. The highest BCUT2D eigenvalue weighted by atomic mass is 32.2. The van der Waals surface area contributed by atoms with E-state index in [-0.39, 0.29) is 29.2 Å². The summed E-state index contributed by atoms with van der Waals surface area (Å²) in [6, 6.07) is 3.89. The molecule has 0 saturated carbocycles. The molecular formula is C13H18N2O5S. The number of benzene rings is 1. The first-order valence-electron chi connectivity index (χ1n) is 6.44. The van der Waals surface area contributed by atoms with E-state index >= 15 is 0 Å². The number of nitrogens with two attached hydrogens (primary N) is 1. The average molecular weight is 314 g/mol. The number of carbonyl (C=O) groups excluding carboxylic acids is 1. The molecule has 0 bridgehead atoms. The molecule has 1 fully saturated rings. The zero-order valence-corrected chi connectivity index (χ0v) is 12.7. The van der Waals surface area contributed by atoms with Crippen LogP contribution in [0.5, 0.6) is 0 Å². The molecule has 1 heterocycles. The number of rotatable bonds is 4. The smallest absolute Gasteiger partial charge is 0.337 e. The zero-order chi connectivity index (χ0) is 15.8. The molecule has 116 valence electrons. The summed E-state index contributed by atoms with van der Waals surface area (Å²) in [5, 5.41) is 9.92. The lowest BCUT2D eigenvalue weighted by molar-refractivity contribution is -0.0613. The minimum Gasteiger partial charge on any atom is -0.465 e. The van der Waals surface area contributed by atoms with Gasteiger partial charge < -0.3 is 15.6 Å². The van der Waals surface area contributed by atoms with Crippen LogP contribution in [0.15, 0.2) is 23.1 Å². The zero-order valence-electron chi connectivity index (χ0n) is 11.9. The van der Waals surface area contributed by atoms with Crippen LogP contribution in [0.1, 0.15) is 23.7 Å². The van der Waals surface area contributed by atoms with E-state index in [9.17, 15) is 18.3 Å². The van der Waals surface area contributed by atoms with E-state index in [1.165, 1.54) is 29.6 Å². The third-order valence-corrected chi connectivity index (χ3v) is 5.51. The molecule has 0 atom stereocenters. The number of esters is 1. The van der Waals surface area contributed by atoms with E-state index in [1.807, 2.05) is 0 Å². The Morgan fingerprint density at radius 1 is 1.48 bits per heavy atom. The monoisotopic (exact) mass is 314 g/mol. The first kappa shape index (κ1) is 15.7. The van der Waals surface area contributed by atoms with E-state index in [2.05, 4.69) is 4.74 Å². The van der Waals surface area contributed by atoms with Crippen LogP contribution in [0.4, 0.5) is 5.69 Å². The van der Waals surface area contributed by atoms with Gasteiger partial charge in [0.1, 0.15) is 4.90 Å². The highest BCUT2D eigenvalue weighted by Gasteiger charge is 2.46. The van der Waals surface area contributed by atoms with Crippen LogP contribution in [0, 0.1) is 0 Å². The Kier molecular flexibility index (Phi) is 3.96. The molecule has 8 heteroatoms. The van der Waals surface area contributed by atoms with Gasteiger partial charge in [0, 0.05) is 13.1 Å². The summed E-state index contributed by atoms with van der Waals surface area (Å²) in [6.07, 6.45) is 0.482. The van der Waals surface area contributed by atoms with Crippen molar-refractivity contribution < 1.29 is 23.1 Å². The maximum absolute atomic E-state index is 12.4. The molecule has 0 spiro atoms. The molecule has 2 rings (SSSR count). The van der Waals surface area contributed by atoms with Crippen molar-refractivity contribution in [1.82, 2.24) is 4.31 Å². The quantitative estimate of drug-likeness (QED) is 0.607. The fraction of sp³-hybridized carbons (Fsp3) is 0.462. The normalized spacial score (nSPS) is 18.0. The minimum absolute atomic E-state index is 0.0233. The van der Waals surface area contributed by atoms with Crippen molar-refractivity contribution in [2.75, 3.05) is 25.9 Å². The highest BCUT2D eigenvalue weighted by Crippen LogP contribution is 2.32. The number of nitrogens with zero attached hydrogens (tertiary/aromatic N) is 1. The summed E-state index contributed by atoms with van der Waals surface area (Å²) < 4.78 is 30.5. The lowest BCUT2D eigenvalue weighted by atomic mass is 9.94. The lowest BCUT2D eigenvalue weighted by Gasteiger charge is -2.44. The fourth-order valence-corrected chi connectivity index (χ4v) is 3.87. The van der Waals surface area contributed by atoms with Crippen molar-refractivity contribution in [3.63, 3.8) is 0 Å². The summed E-state index contributed by atoms with van der Waals surface area (Å²) in [6.45, 7) is 1.89. The van der Waals surface area contributed by atoms with Gasteiger partial charge in [-0.3, -0.25) is 0 Å². The molecule has 1 aromatic carbocycles. The molecule has 1 aliphatic heterocycles. The van der Waals surface area contributed by atoms with Gasteiger partial charge in [-0.25, -0.2) is 13.2 Å². The van der Waals surface area contributed by atoms with Crippen LogP contribution in [0.3, 0.4) is 0 Å². The van der Waals surface area contributed by atoms with Crippen molar-refractivity contribution in [2.45, 2.75) is 23.8 Å². The molecule has 0 aliphatic carbocycles. The molecule has 0 unspecified atom stereocenters. The van der Waals surface area contributed by atoms with Gasteiger partial charge in [-0.15, -0.1) is 0 Å². The second kappa shape index (κ2) is 5.28. The Morgan fingerprint density at radius 2 is 2.10 bits per heavy atom. The van der Waals surface area contributed by atoms with Gasteiger partial charge in [-0.05, 0) is 24.6 Å². The van der Waals surface area contributed by atoms with Gasteiger partial charge in [-0.1, -0.05) is 6.92 Å². The molecule has 3 N–H and O–H groups in total. The van der Waals surface area contributed by atoms with Crippen LogP contribution in [-0.2, 0) is 14.8 Å². The second-order valence-electron chi connectivity index (χ2n) is 5.10. The molecule has 0 radical (unpaired) electrons. The van der Waals surface area contributed by atoms with E-state index in [4.69, 9.17) is 5.73 Å². The number of β-amino-alcohol motifs (C(OH)–C–C–N with tert-alkyl or cyclic N) is 1. The van der Waals surface area contributed by atoms with Crippen LogP contribution in [-0.4, -0.2) is 49.6 Å². The predicted molar refractivity (Wildman–Crippen MR) is 76.2 cm³/mol. The van der Waals surface area contributed by atoms with Gasteiger partial charge in [0.2, 0.25) is 10.0 Å². The molecule has 7 nitrogen and oxygen atoms in total. The first-order chi connectivity index (χ1) is 9.73. The number of sulfonamides is 1. The Bertz CT molecular complexity index is 665. The van der Waals surface area contributed by atoms with Gasteiger partial charge in [0.05, 0.1) is 24.0 Å². The number of anilines is 1. The van der Waals surface area contributed by atoms with E-state index in [0.29, 0.717) is 6.42 Å². The van der Waals surface area contributed by atoms with Crippen LogP contribution in [0.25, 0.3) is 0 Å². The molecule has 1 saturated heterocycles. The van der Waals surface area contributed by atoms with Crippen molar-refractivity contribution in [3.8, 4) is 0 Å². The van der Waals surface area contributed by atoms with Crippen LogP contribution < -0.4 is 5.73 Å². The number of hydrogen-bond acceptors (Lipinski definition) is 6. The molecule has 1 aliphatic rings. The Balaban J connectivity index is 2.28. The second-order valence-corrected chi connectivity index (χ2v) is 7.00. The summed E-state index contributed by atoms with van der Waals surface area (Å²) in [5.74, 6) is -0.588. The summed E-state index contributed by atoms with van der Waals surface area (Å²) in [4.78, 5) is 11.3. The van der Waals surface area contributed by atoms with Crippen molar-refractivity contribution in [1.29, 1.82) is 0 Å². The number of nitrogen functional groups attached to an aromatic ring is 1. The van der Waals surface area contributed by atoms with Gasteiger partial charge in [0.15, 0.2) is 0 Å². The molecule has 0 amide bonds. The number of ether oxygens (including phenoxy) is 1. The first-order valence-corrected chi connectivity index (χ1v) is 7.88. The maximum Gasteiger partial charge on any atom is 0.337 e. The van der Waals surface area contributed by atoms with Crippen LogP contribution in [0.2, 0.25) is 0 Å². The predicted octanol–water partition coefficient (Wildman–Crippen LogP) is 0.201. The van der Waals surface area contributed by atoms with E-state index in [0.717, 1.165) is 0 Å². The highest BCUT2D eigenvalue weighted by molar-refractivity contribution is 7.89. The summed E-state index contributed by atoms with van der Waals surface area (Å²) in [5.41, 5.74) is 4.94. The van der Waals surface area contributed by atoms with Crippen molar-refractivity contribution in [2.24, 2.45) is 0 Å². The minimum atomic E-state index is -3.77.